The maximum atomic E-state index is 14.9. The number of hydrogen-bond acceptors (Lipinski definition) is 8. The third-order valence-corrected chi connectivity index (χ3v) is 12.0. The fourth-order valence-corrected chi connectivity index (χ4v) is 8.13. The molecule has 2 aromatic carbocycles. The van der Waals surface area contributed by atoms with Crippen molar-refractivity contribution in [1.82, 2.24) is 29.9 Å². The van der Waals surface area contributed by atoms with E-state index in [0.29, 0.717) is 6.54 Å². The van der Waals surface area contributed by atoms with Gasteiger partial charge >= 0.3 is 5.97 Å². The quantitative estimate of drug-likeness (QED) is 0.214. The number of fused-ring (bicyclic) bond motifs is 1. The highest BCUT2D eigenvalue weighted by atomic mass is 79.9. The molecule has 1 fully saturated rings. The molecule has 1 saturated heterocycles. The van der Waals surface area contributed by atoms with Crippen LogP contribution in [0.2, 0.25) is 0 Å². The minimum Gasteiger partial charge on any atom is -0.451 e. The summed E-state index contributed by atoms with van der Waals surface area (Å²) in [6.07, 6.45) is 1.03. The molecule has 2 heterocycles. The summed E-state index contributed by atoms with van der Waals surface area (Å²) in [6, 6.07) is 12.2. The number of hydrogen-bond donors (Lipinski definition) is 2. The topological polar surface area (TPSA) is 174 Å². The highest BCUT2D eigenvalue weighted by Gasteiger charge is 2.40. The highest BCUT2D eigenvalue weighted by molar-refractivity contribution is 9.10. The summed E-state index contributed by atoms with van der Waals surface area (Å²) < 4.78 is 8.81. The summed E-state index contributed by atoms with van der Waals surface area (Å²) in [6.45, 7) is 13.5. The predicted molar refractivity (Wildman–Crippen MR) is 241 cm³/mol. The number of nitrogens with zero attached hydrogens (tertiary/aromatic N) is 5. The molecule has 5 amide bonds. The van der Waals surface area contributed by atoms with Crippen LogP contribution in [-0.2, 0) is 46.5 Å². The van der Waals surface area contributed by atoms with Crippen LogP contribution in [0, 0.1) is 29.1 Å². The summed E-state index contributed by atoms with van der Waals surface area (Å²) in [4.78, 5) is 90.1. The first-order chi connectivity index (χ1) is 29.2. The molecule has 14 nitrogen and oxygen atoms in total. The van der Waals surface area contributed by atoms with E-state index in [-0.39, 0.29) is 56.3 Å². The number of benzene rings is 2. The van der Waals surface area contributed by atoms with Crippen LogP contribution in [0.25, 0.3) is 10.9 Å². The number of rotatable bonds is 12. The molecule has 4 rings (SSSR count). The van der Waals surface area contributed by atoms with Crippen LogP contribution in [0.15, 0.2) is 59.2 Å². The van der Waals surface area contributed by atoms with Gasteiger partial charge in [-0.15, -0.1) is 0 Å². The molecule has 3 aromatic rings. The molecular weight excluding hydrogens is 854 g/mol. The summed E-state index contributed by atoms with van der Waals surface area (Å²) in [5, 5.41) is 16.2. The molecule has 62 heavy (non-hydrogen) atoms. The van der Waals surface area contributed by atoms with Gasteiger partial charge in [-0.1, -0.05) is 87.8 Å². The number of amides is 5. The Morgan fingerprint density at radius 3 is 1.82 bits per heavy atom. The number of ether oxygens (including phenoxy) is 1. The normalized spacial score (nSPS) is 22.8. The molecule has 1 aliphatic rings. The van der Waals surface area contributed by atoms with Crippen LogP contribution >= 0.6 is 15.9 Å². The molecule has 336 valence electrons. The van der Waals surface area contributed by atoms with E-state index in [1.807, 2.05) is 102 Å². The SMILES string of the molecule is CC(C)C[C@@H]1NC(=O)[C@H](Cc2cn(Cc3ccc(Br)cc3)c3ccccc23)N(C)C(=O)[C@H](CC(C)C)NC(=O)[C@H](CC(C)C)N(C)C(=O)[C@@H](CCC#N)OC(=O)[C@H](C)N(C)C1=O. The zero-order chi connectivity index (χ0) is 46.0. The van der Waals surface area contributed by atoms with Crippen LogP contribution in [0.3, 0.4) is 0 Å². The first kappa shape index (κ1) is 49.4. The molecule has 0 unspecified atom stereocenters. The van der Waals surface area contributed by atoms with Crippen LogP contribution in [-0.4, -0.2) is 112 Å². The predicted octanol–water partition coefficient (Wildman–Crippen LogP) is 5.83. The average Bonchev–Trinajstić information content (AvgIpc) is 3.57. The lowest BCUT2D eigenvalue weighted by Gasteiger charge is -2.36. The Morgan fingerprint density at radius 1 is 0.726 bits per heavy atom. The van der Waals surface area contributed by atoms with Crippen molar-refractivity contribution in [2.24, 2.45) is 17.8 Å². The minimum absolute atomic E-state index is 0.0670. The van der Waals surface area contributed by atoms with E-state index in [9.17, 15) is 34.0 Å². The van der Waals surface area contributed by atoms with Crippen LogP contribution in [0.5, 0.6) is 0 Å². The molecule has 0 radical (unpaired) electrons. The lowest BCUT2D eigenvalue weighted by molar-refractivity contribution is -0.167. The van der Waals surface area contributed by atoms with Crippen molar-refractivity contribution < 1.29 is 33.5 Å². The van der Waals surface area contributed by atoms with Crippen LogP contribution in [0.4, 0.5) is 0 Å². The fraction of sp³-hybridized carbons (Fsp3) is 0.553. The zero-order valence-electron chi connectivity index (χ0n) is 37.8. The van der Waals surface area contributed by atoms with Gasteiger partial charge in [0, 0.05) is 68.5 Å². The van der Waals surface area contributed by atoms with E-state index < -0.39 is 71.8 Å². The number of likely N-dealkylation sites (N-methyl/N-ethyl adjacent to an activating group) is 3. The summed E-state index contributed by atoms with van der Waals surface area (Å²) in [5.74, 6) is -4.01. The molecule has 0 saturated carbocycles. The third-order valence-electron chi connectivity index (χ3n) is 11.4. The molecule has 1 aliphatic heterocycles. The highest BCUT2D eigenvalue weighted by Crippen LogP contribution is 2.27. The number of halogens is 1. The van der Waals surface area contributed by atoms with Gasteiger partial charge in [-0.2, -0.15) is 5.26 Å². The number of cyclic esters (lactones) is 1. The standard InChI is InChI=1S/C47H64BrN7O7/c1-28(2)22-36-44(58)52(8)31(7)47(61)62-41(16-13-21-49)46(60)54(10)39(24-30(5)6)42(56)51-37(23-29(3)4)45(59)53(9)40(43(57)50-36)25-33-27-55(38-15-12-11-14-35(33)38)26-32-17-19-34(48)20-18-32/h11-12,14-15,17-20,27-31,36-37,39-41H,13,16,22-26H2,1-10H3,(H,50,57)(H,51,56)/t31-,36-,37-,39-,40-,41+/m0/s1. The van der Waals surface area contributed by atoms with Gasteiger partial charge in [0.2, 0.25) is 23.6 Å². The number of aromatic nitrogens is 1. The van der Waals surface area contributed by atoms with Crippen molar-refractivity contribution in [2.75, 3.05) is 21.1 Å². The van der Waals surface area contributed by atoms with E-state index in [1.165, 1.54) is 42.8 Å². The van der Waals surface area contributed by atoms with E-state index in [4.69, 9.17) is 4.74 Å². The second kappa shape index (κ2) is 22.2. The van der Waals surface area contributed by atoms with Crippen molar-refractivity contribution in [3.63, 3.8) is 0 Å². The van der Waals surface area contributed by atoms with E-state index >= 15 is 0 Å². The van der Waals surface area contributed by atoms with Crippen molar-refractivity contribution in [1.29, 1.82) is 5.26 Å². The molecular formula is C47H64BrN7O7. The Bertz CT molecular complexity index is 2110. The first-order valence-electron chi connectivity index (χ1n) is 21.5. The second-order valence-electron chi connectivity index (χ2n) is 17.8. The van der Waals surface area contributed by atoms with Crippen molar-refractivity contribution in [2.45, 2.75) is 130 Å². The second-order valence-corrected chi connectivity index (χ2v) is 18.7. The van der Waals surface area contributed by atoms with Crippen molar-refractivity contribution in [3.05, 3.63) is 70.3 Å². The monoisotopic (exact) mass is 917 g/mol. The average molecular weight is 919 g/mol. The van der Waals surface area contributed by atoms with Crippen LogP contribution in [0.1, 0.15) is 91.7 Å². The van der Waals surface area contributed by atoms with Crippen LogP contribution < -0.4 is 10.6 Å². The lowest BCUT2D eigenvalue weighted by atomic mass is 9.97. The Hall–Kier alpha value is -5.23. The number of carbonyl (C=O) groups excluding carboxylic acids is 6. The molecule has 15 heteroatoms. The third kappa shape index (κ3) is 12.7. The summed E-state index contributed by atoms with van der Waals surface area (Å²) in [7, 11) is 4.40. The van der Waals surface area contributed by atoms with Gasteiger partial charge in [0.1, 0.15) is 30.2 Å². The molecule has 0 aliphatic carbocycles. The van der Waals surface area contributed by atoms with E-state index in [1.54, 1.807) is 0 Å². The van der Waals surface area contributed by atoms with Gasteiger partial charge in [-0.05, 0) is 73.3 Å². The Kier molecular flexibility index (Phi) is 17.7. The van der Waals surface area contributed by atoms with Gasteiger partial charge in [-0.25, -0.2) is 4.79 Å². The van der Waals surface area contributed by atoms with Gasteiger partial charge in [-0.3, -0.25) is 24.0 Å². The summed E-state index contributed by atoms with van der Waals surface area (Å²) in [5.41, 5.74) is 2.80. The number of esters is 1. The number of nitriles is 1. The molecule has 0 bridgehead atoms. The lowest BCUT2D eigenvalue weighted by Crippen LogP contribution is -2.60. The first-order valence-corrected chi connectivity index (χ1v) is 22.3. The Labute approximate surface area is 374 Å². The molecule has 1 aromatic heterocycles. The Balaban J connectivity index is 1.88. The number of para-hydroxylation sites is 1. The zero-order valence-corrected chi connectivity index (χ0v) is 39.4. The maximum absolute atomic E-state index is 14.9. The fourth-order valence-electron chi connectivity index (χ4n) is 7.87. The van der Waals surface area contributed by atoms with Crippen molar-refractivity contribution >= 4 is 62.3 Å². The largest absolute Gasteiger partial charge is 0.451 e. The van der Waals surface area contributed by atoms with Gasteiger partial charge in [0.05, 0.1) is 6.07 Å². The smallest absolute Gasteiger partial charge is 0.329 e. The molecule has 6 atom stereocenters. The minimum atomic E-state index is -1.42. The van der Waals surface area contributed by atoms with Gasteiger partial charge in [0.15, 0.2) is 6.10 Å². The van der Waals surface area contributed by atoms with Gasteiger partial charge < -0.3 is 34.6 Å². The molecule has 2 N–H and O–H groups in total. The molecule has 0 spiro atoms. The number of nitrogens with one attached hydrogen (secondary N) is 2. The maximum Gasteiger partial charge on any atom is 0.329 e. The van der Waals surface area contributed by atoms with Crippen molar-refractivity contribution in [3.8, 4) is 6.07 Å². The van der Waals surface area contributed by atoms with E-state index in [2.05, 4.69) is 31.1 Å². The van der Waals surface area contributed by atoms with Gasteiger partial charge in [0.25, 0.3) is 5.91 Å². The number of carbonyl (C=O) groups is 6. The van der Waals surface area contributed by atoms with E-state index in [0.717, 1.165) is 26.5 Å². The Morgan fingerprint density at radius 2 is 1.26 bits per heavy atom. The summed E-state index contributed by atoms with van der Waals surface area (Å²) >= 11 is 3.51.